The molecule has 0 aromatic rings. The fraction of sp³-hybridized carbons (Fsp3) is 1.00. The number of rotatable bonds is 5. The van der Waals surface area contributed by atoms with E-state index >= 15 is 0 Å². The molecular formula is C11H23Cl. The highest BCUT2D eigenvalue weighted by Crippen LogP contribution is 2.30. The summed E-state index contributed by atoms with van der Waals surface area (Å²) in [4.78, 5) is -0.0397. The van der Waals surface area contributed by atoms with Crippen LogP contribution in [0, 0.1) is 11.8 Å². The van der Waals surface area contributed by atoms with Gasteiger partial charge in [-0.05, 0) is 32.1 Å². The highest BCUT2D eigenvalue weighted by atomic mass is 35.5. The molecule has 0 rings (SSSR count). The largest absolute Gasteiger partial charge is 0.120 e. The zero-order chi connectivity index (χ0) is 9.78. The Hall–Kier alpha value is 0.290. The van der Waals surface area contributed by atoms with Gasteiger partial charge < -0.3 is 0 Å². The van der Waals surface area contributed by atoms with E-state index in [0.29, 0.717) is 5.92 Å². The summed E-state index contributed by atoms with van der Waals surface area (Å²) in [6.45, 7) is 11.0. The van der Waals surface area contributed by atoms with Gasteiger partial charge in [-0.3, -0.25) is 0 Å². The Morgan fingerprint density at radius 2 is 1.75 bits per heavy atom. The predicted octanol–water partition coefficient (Wildman–Crippen LogP) is 4.47. The maximum Gasteiger partial charge on any atom is 0.0416 e. The van der Waals surface area contributed by atoms with E-state index in [-0.39, 0.29) is 4.87 Å². The summed E-state index contributed by atoms with van der Waals surface area (Å²) in [5, 5.41) is 0. The zero-order valence-corrected chi connectivity index (χ0v) is 9.91. The molecule has 0 aromatic heterocycles. The molecule has 0 spiro atoms. The number of hydrogen-bond acceptors (Lipinski definition) is 0. The van der Waals surface area contributed by atoms with Crippen molar-refractivity contribution < 1.29 is 0 Å². The normalized spacial score (nSPS) is 17.5. The average molecular weight is 191 g/mol. The third kappa shape index (κ3) is 5.03. The van der Waals surface area contributed by atoms with E-state index in [1.807, 2.05) is 0 Å². The van der Waals surface area contributed by atoms with Crippen LogP contribution in [0.2, 0.25) is 0 Å². The molecule has 0 aromatic carbocycles. The Kier molecular flexibility index (Phi) is 5.24. The molecule has 0 bridgehead atoms. The van der Waals surface area contributed by atoms with Crippen molar-refractivity contribution in [1.29, 1.82) is 0 Å². The molecule has 0 saturated heterocycles. The Morgan fingerprint density at radius 3 is 2.08 bits per heavy atom. The lowest BCUT2D eigenvalue weighted by molar-refractivity contribution is 0.339. The highest BCUT2D eigenvalue weighted by Gasteiger charge is 2.23. The Morgan fingerprint density at radius 1 is 1.25 bits per heavy atom. The van der Waals surface area contributed by atoms with E-state index < -0.39 is 0 Å². The van der Waals surface area contributed by atoms with Gasteiger partial charge in [-0.25, -0.2) is 0 Å². The molecule has 0 fully saturated rings. The molecule has 0 aliphatic carbocycles. The lowest BCUT2D eigenvalue weighted by Crippen LogP contribution is -2.23. The second-order valence-electron chi connectivity index (χ2n) is 4.60. The summed E-state index contributed by atoms with van der Waals surface area (Å²) in [5.41, 5.74) is 0. The van der Waals surface area contributed by atoms with Gasteiger partial charge in [0.05, 0.1) is 0 Å². The van der Waals surface area contributed by atoms with Crippen molar-refractivity contribution in [2.24, 2.45) is 11.8 Å². The van der Waals surface area contributed by atoms with E-state index in [0.717, 1.165) is 5.92 Å². The minimum absolute atomic E-state index is 0.0397. The van der Waals surface area contributed by atoms with Gasteiger partial charge in [-0.1, -0.05) is 33.6 Å². The van der Waals surface area contributed by atoms with Crippen LogP contribution in [0.1, 0.15) is 53.9 Å². The first-order valence-electron chi connectivity index (χ1n) is 5.06. The zero-order valence-electron chi connectivity index (χ0n) is 9.15. The van der Waals surface area contributed by atoms with Crippen molar-refractivity contribution in [2.45, 2.75) is 58.8 Å². The summed E-state index contributed by atoms with van der Waals surface area (Å²) in [7, 11) is 0. The van der Waals surface area contributed by atoms with Gasteiger partial charge in [0, 0.05) is 4.87 Å². The van der Waals surface area contributed by atoms with E-state index in [2.05, 4.69) is 34.6 Å². The van der Waals surface area contributed by atoms with E-state index in [9.17, 15) is 0 Å². The molecule has 0 saturated carbocycles. The van der Waals surface area contributed by atoms with Crippen LogP contribution in [-0.4, -0.2) is 4.87 Å². The quantitative estimate of drug-likeness (QED) is 0.562. The van der Waals surface area contributed by atoms with E-state index in [1.54, 1.807) is 0 Å². The molecule has 0 N–H and O–H groups in total. The first kappa shape index (κ1) is 12.3. The number of halogens is 1. The van der Waals surface area contributed by atoms with Gasteiger partial charge >= 0.3 is 0 Å². The first-order valence-corrected chi connectivity index (χ1v) is 5.44. The smallest absolute Gasteiger partial charge is 0.0416 e. The van der Waals surface area contributed by atoms with Crippen LogP contribution in [0.3, 0.4) is 0 Å². The van der Waals surface area contributed by atoms with Gasteiger partial charge in [-0.2, -0.15) is 0 Å². The number of hydrogen-bond donors (Lipinski definition) is 0. The maximum atomic E-state index is 6.23. The minimum atomic E-state index is -0.0397. The van der Waals surface area contributed by atoms with Gasteiger partial charge in [0.25, 0.3) is 0 Å². The molecule has 0 nitrogen and oxygen atoms in total. The minimum Gasteiger partial charge on any atom is -0.120 e. The maximum absolute atomic E-state index is 6.23. The van der Waals surface area contributed by atoms with Crippen LogP contribution < -0.4 is 0 Å². The fourth-order valence-corrected chi connectivity index (χ4v) is 1.58. The topological polar surface area (TPSA) is 0 Å². The standard InChI is InChI=1S/C11H23Cl/c1-6-7-9(2)8-10(3)11(4,5)12/h9-10H,6-8H2,1-5H3. The second-order valence-corrected chi connectivity index (χ2v) is 5.57. The molecule has 0 amide bonds. The van der Waals surface area contributed by atoms with E-state index in [4.69, 9.17) is 11.6 Å². The highest BCUT2D eigenvalue weighted by molar-refractivity contribution is 6.23. The average Bonchev–Trinajstić information content (AvgIpc) is 1.85. The second kappa shape index (κ2) is 5.11. The van der Waals surface area contributed by atoms with Crippen molar-refractivity contribution in [3.05, 3.63) is 0 Å². The summed E-state index contributed by atoms with van der Waals surface area (Å²) in [6, 6.07) is 0. The molecule has 0 aliphatic rings. The summed E-state index contributed by atoms with van der Waals surface area (Å²) < 4.78 is 0. The van der Waals surface area contributed by atoms with Crippen LogP contribution in [0.15, 0.2) is 0 Å². The molecular weight excluding hydrogens is 168 g/mol. The molecule has 74 valence electrons. The van der Waals surface area contributed by atoms with Crippen molar-refractivity contribution >= 4 is 11.6 Å². The van der Waals surface area contributed by atoms with Gasteiger partial charge in [0.2, 0.25) is 0 Å². The first-order chi connectivity index (χ1) is 5.38. The fourth-order valence-electron chi connectivity index (χ4n) is 1.49. The van der Waals surface area contributed by atoms with Crippen molar-refractivity contribution in [3.8, 4) is 0 Å². The van der Waals surface area contributed by atoms with Crippen molar-refractivity contribution in [3.63, 3.8) is 0 Å². The summed E-state index contributed by atoms with van der Waals surface area (Å²) in [6.07, 6.45) is 3.87. The summed E-state index contributed by atoms with van der Waals surface area (Å²) >= 11 is 6.23. The Balaban J connectivity index is 3.76. The molecule has 2 atom stereocenters. The molecule has 0 heterocycles. The molecule has 1 heteroatoms. The third-order valence-electron chi connectivity index (χ3n) is 2.71. The van der Waals surface area contributed by atoms with Crippen LogP contribution in [0.4, 0.5) is 0 Å². The monoisotopic (exact) mass is 190 g/mol. The Bertz CT molecular complexity index is 113. The lowest BCUT2D eigenvalue weighted by Gasteiger charge is -2.27. The molecule has 12 heavy (non-hydrogen) atoms. The molecule has 0 radical (unpaired) electrons. The molecule has 0 aliphatic heterocycles. The van der Waals surface area contributed by atoms with Gasteiger partial charge in [0.15, 0.2) is 0 Å². The Labute approximate surface area is 82.7 Å². The van der Waals surface area contributed by atoms with Gasteiger partial charge in [-0.15, -0.1) is 11.6 Å². The predicted molar refractivity (Wildman–Crippen MR) is 57.8 cm³/mol. The van der Waals surface area contributed by atoms with Crippen molar-refractivity contribution in [1.82, 2.24) is 0 Å². The lowest BCUT2D eigenvalue weighted by atomic mass is 9.86. The third-order valence-corrected chi connectivity index (χ3v) is 3.08. The van der Waals surface area contributed by atoms with Crippen LogP contribution >= 0.6 is 11.6 Å². The number of alkyl halides is 1. The van der Waals surface area contributed by atoms with Crippen molar-refractivity contribution in [2.75, 3.05) is 0 Å². The molecule has 2 unspecified atom stereocenters. The van der Waals surface area contributed by atoms with Gasteiger partial charge in [0.1, 0.15) is 0 Å². The van der Waals surface area contributed by atoms with Crippen LogP contribution in [0.5, 0.6) is 0 Å². The summed E-state index contributed by atoms with van der Waals surface area (Å²) in [5.74, 6) is 1.43. The van der Waals surface area contributed by atoms with Crippen LogP contribution in [0.25, 0.3) is 0 Å². The SMILES string of the molecule is CCCC(C)CC(C)C(C)(C)Cl. The van der Waals surface area contributed by atoms with Crippen LogP contribution in [-0.2, 0) is 0 Å². The van der Waals surface area contributed by atoms with E-state index in [1.165, 1.54) is 19.3 Å².